The Kier molecular flexibility index (Phi) is 5.91. The molecule has 0 saturated heterocycles. The van der Waals surface area contributed by atoms with Gasteiger partial charge in [-0.1, -0.05) is 12.1 Å². The van der Waals surface area contributed by atoms with Crippen molar-refractivity contribution in [3.05, 3.63) is 46.5 Å². The fourth-order valence-corrected chi connectivity index (χ4v) is 2.88. The van der Waals surface area contributed by atoms with Gasteiger partial charge in [0.25, 0.3) is 0 Å². The average Bonchev–Trinajstić information content (AvgIpc) is 2.61. The van der Waals surface area contributed by atoms with Gasteiger partial charge in [-0.05, 0) is 62.4 Å². The summed E-state index contributed by atoms with van der Waals surface area (Å²) in [4.78, 5) is 12.2. The molecule has 0 aromatic heterocycles. The van der Waals surface area contributed by atoms with Crippen molar-refractivity contribution in [1.82, 2.24) is 0 Å². The molecular weight excluding hydrogens is 318 g/mol. The number of methoxy groups -OCH3 is 1. The molecular formula is C20H25NO4. The SMILES string of the molecule is COc1ccccc1NC(=O)CCCc1c(C)c(O)c(C)c(C)c1O. The molecule has 5 nitrogen and oxygen atoms in total. The number of phenolic OH excluding ortho intramolecular Hbond substituents is 2. The minimum absolute atomic E-state index is 0.116. The lowest BCUT2D eigenvalue weighted by molar-refractivity contribution is -0.116. The van der Waals surface area contributed by atoms with E-state index < -0.39 is 0 Å². The summed E-state index contributed by atoms with van der Waals surface area (Å²) in [5.74, 6) is 0.917. The molecule has 0 aliphatic carbocycles. The monoisotopic (exact) mass is 343 g/mol. The number of para-hydroxylation sites is 2. The molecule has 5 heteroatoms. The van der Waals surface area contributed by atoms with Crippen LogP contribution in [0.25, 0.3) is 0 Å². The number of aromatic hydroxyl groups is 2. The molecule has 0 atom stereocenters. The maximum atomic E-state index is 12.2. The summed E-state index contributed by atoms with van der Waals surface area (Å²) in [5.41, 5.74) is 3.37. The number of nitrogens with one attached hydrogen (secondary N) is 1. The number of anilines is 1. The van der Waals surface area contributed by atoms with Crippen molar-refractivity contribution in [3.8, 4) is 17.2 Å². The van der Waals surface area contributed by atoms with Crippen molar-refractivity contribution in [1.29, 1.82) is 0 Å². The molecule has 0 aliphatic rings. The van der Waals surface area contributed by atoms with Crippen LogP contribution in [0, 0.1) is 20.8 Å². The molecule has 0 saturated carbocycles. The number of phenols is 2. The number of amides is 1. The van der Waals surface area contributed by atoms with Gasteiger partial charge in [0.05, 0.1) is 12.8 Å². The van der Waals surface area contributed by atoms with Crippen LogP contribution >= 0.6 is 0 Å². The first-order valence-corrected chi connectivity index (χ1v) is 8.30. The number of carbonyl (C=O) groups excluding carboxylic acids is 1. The van der Waals surface area contributed by atoms with Crippen LogP contribution in [0.1, 0.15) is 35.1 Å². The van der Waals surface area contributed by atoms with Crippen LogP contribution in [-0.4, -0.2) is 23.2 Å². The van der Waals surface area contributed by atoms with E-state index in [0.717, 1.165) is 0 Å². The Morgan fingerprint density at radius 2 is 1.68 bits per heavy atom. The molecule has 0 spiro atoms. The molecule has 0 aliphatic heterocycles. The van der Waals surface area contributed by atoms with E-state index in [4.69, 9.17) is 4.74 Å². The highest BCUT2D eigenvalue weighted by Gasteiger charge is 2.16. The van der Waals surface area contributed by atoms with Gasteiger partial charge in [-0.2, -0.15) is 0 Å². The Bertz CT molecular complexity index is 755. The van der Waals surface area contributed by atoms with E-state index in [-0.39, 0.29) is 17.4 Å². The standard InChI is InChI=1S/C20H25NO4/c1-12-13(2)20(24)15(14(3)19(12)23)8-7-11-18(22)21-16-9-5-6-10-17(16)25-4/h5-6,9-10,23-24H,7-8,11H2,1-4H3,(H,21,22). The van der Waals surface area contributed by atoms with Crippen LogP contribution in [0.5, 0.6) is 17.2 Å². The molecule has 0 fully saturated rings. The smallest absolute Gasteiger partial charge is 0.224 e. The molecule has 0 bridgehead atoms. The molecule has 3 N–H and O–H groups in total. The number of rotatable bonds is 6. The first kappa shape index (κ1) is 18.6. The second-order valence-corrected chi connectivity index (χ2v) is 6.15. The third kappa shape index (κ3) is 4.05. The lowest BCUT2D eigenvalue weighted by atomic mass is 9.94. The van der Waals surface area contributed by atoms with Crippen molar-refractivity contribution in [2.75, 3.05) is 12.4 Å². The molecule has 0 unspecified atom stereocenters. The van der Waals surface area contributed by atoms with E-state index in [1.54, 1.807) is 40.0 Å². The second-order valence-electron chi connectivity index (χ2n) is 6.15. The van der Waals surface area contributed by atoms with E-state index in [2.05, 4.69) is 5.32 Å². The summed E-state index contributed by atoms with van der Waals surface area (Å²) in [6.07, 6.45) is 1.40. The van der Waals surface area contributed by atoms with Gasteiger partial charge in [-0.15, -0.1) is 0 Å². The van der Waals surface area contributed by atoms with Crippen LogP contribution in [0.2, 0.25) is 0 Å². The van der Waals surface area contributed by atoms with E-state index in [1.165, 1.54) is 0 Å². The molecule has 134 valence electrons. The third-order valence-electron chi connectivity index (χ3n) is 4.58. The second kappa shape index (κ2) is 7.92. The van der Waals surface area contributed by atoms with Gasteiger partial charge in [0, 0.05) is 12.0 Å². The summed E-state index contributed by atoms with van der Waals surface area (Å²) >= 11 is 0. The predicted octanol–water partition coefficient (Wildman–Crippen LogP) is 3.99. The lowest BCUT2D eigenvalue weighted by Crippen LogP contribution is -2.12. The molecule has 2 aromatic carbocycles. The van der Waals surface area contributed by atoms with Gasteiger partial charge >= 0.3 is 0 Å². The van der Waals surface area contributed by atoms with Crippen LogP contribution in [0.4, 0.5) is 5.69 Å². The number of benzene rings is 2. The molecule has 0 heterocycles. The third-order valence-corrected chi connectivity index (χ3v) is 4.58. The van der Waals surface area contributed by atoms with Crippen molar-refractivity contribution < 1.29 is 19.7 Å². The van der Waals surface area contributed by atoms with Gasteiger partial charge in [-0.3, -0.25) is 4.79 Å². The van der Waals surface area contributed by atoms with Crippen LogP contribution < -0.4 is 10.1 Å². The van der Waals surface area contributed by atoms with Crippen molar-refractivity contribution >= 4 is 11.6 Å². The van der Waals surface area contributed by atoms with Gasteiger partial charge in [-0.25, -0.2) is 0 Å². The van der Waals surface area contributed by atoms with E-state index >= 15 is 0 Å². The summed E-state index contributed by atoms with van der Waals surface area (Å²) in [7, 11) is 1.56. The van der Waals surface area contributed by atoms with Gasteiger partial charge in [0.1, 0.15) is 17.2 Å². The van der Waals surface area contributed by atoms with Crippen molar-refractivity contribution in [2.45, 2.75) is 40.0 Å². The number of hydrogen-bond acceptors (Lipinski definition) is 4. The zero-order valence-corrected chi connectivity index (χ0v) is 15.1. The van der Waals surface area contributed by atoms with Gasteiger partial charge < -0.3 is 20.3 Å². The van der Waals surface area contributed by atoms with Crippen LogP contribution in [-0.2, 0) is 11.2 Å². The minimum atomic E-state index is -0.116. The average molecular weight is 343 g/mol. The Labute approximate surface area is 148 Å². The summed E-state index contributed by atoms with van der Waals surface area (Å²) in [5, 5.41) is 23.3. The van der Waals surface area contributed by atoms with E-state index in [0.29, 0.717) is 53.0 Å². The summed E-state index contributed by atoms with van der Waals surface area (Å²) in [6, 6.07) is 7.24. The zero-order chi connectivity index (χ0) is 18.6. The van der Waals surface area contributed by atoms with Gasteiger partial charge in [0.2, 0.25) is 5.91 Å². The fraction of sp³-hybridized carbons (Fsp3) is 0.350. The molecule has 0 radical (unpaired) electrons. The lowest BCUT2D eigenvalue weighted by Gasteiger charge is -2.16. The summed E-state index contributed by atoms with van der Waals surface area (Å²) in [6.45, 7) is 5.34. The highest BCUT2D eigenvalue weighted by molar-refractivity contribution is 5.92. The maximum Gasteiger partial charge on any atom is 0.224 e. The fourth-order valence-electron chi connectivity index (χ4n) is 2.88. The number of carbonyl (C=O) groups is 1. The van der Waals surface area contributed by atoms with Crippen molar-refractivity contribution in [3.63, 3.8) is 0 Å². The zero-order valence-electron chi connectivity index (χ0n) is 15.1. The molecule has 2 rings (SSSR count). The highest BCUT2D eigenvalue weighted by Crippen LogP contribution is 2.37. The van der Waals surface area contributed by atoms with E-state index in [9.17, 15) is 15.0 Å². The molecule has 25 heavy (non-hydrogen) atoms. The molecule has 2 aromatic rings. The highest BCUT2D eigenvalue weighted by atomic mass is 16.5. The topological polar surface area (TPSA) is 78.8 Å². The van der Waals surface area contributed by atoms with Gasteiger partial charge in [0.15, 0.2) is 0 Å². The largest absolute Gasteiger partial charge is 0.507 e. The minimum Gasteiger partial charge on any atom is -0.507 e. The first-order chi connectivity index (χ1) is 11.9. The molecule has 1 amide bonds. The van der Waals surface area contributed by atoms with Crippen LogP contribution in [0.15, 0.2) is 24.3 Å². The van der Waals surface area contributed by atoms with E-state index in [1.807, 2.05) is 12.1 Å². The number of hydrogen-bond donors (Lipinski definition) is 3. The Balaban J connectivity index is 2.00. The summed E-state index contributed by atoms with van der Waals surface area (Å²) < 4.78 is 5.21. The Hall–Kier alpha value is -2.69. The Morgan fingerprint density at radius 3 is 2.36 bits per heavy atom. The maximum absolute atomic E-state index is 12.2. The predicted molar refractivity (Wildman–Crippen MR) is 98.5 cm³/mol. The first-order valence-electron chi connectivity index (χ1n) is 8.30. The Morgan fingerprint density at radius 1 is 1.04 bits per heavy atom. The quantitative estimate of drug-likeness (QED) is 0.693. The van der Waals surface area contributed by atoms with Crippen molar-refractivity contribution in [2.24, 2.45) is 0 Å². The van der Waals surface area contributed by atoms with Crippen LogP contribution in [0.3, 0.4) is 0 Å². The normalized spacial score (nSPS) is 10.6. The number of ether oxygens (including phenoxy) is 1.